The second-order valence-electron chi connectivity index (χ2n) is 13.1. The first-order chi connectivity index (χ1) is 17.7. The molecule has 1 fully saturated rings. The molecule has 1 heterocycles. The van der Waals surface area contributed by atoms with Gasteiger partial charge in [-0.1, -0.05) is 113 Å². The molecule has 1 aliphatic heterocycles. The normalized spacial score (nSPS) is 21.4. The van der Waals surface area contributed by atoms with Crippen LogP contribution >= 0.6 is 0 Å². The molecular formula is C31H56O5Si2. The first-order valence-electron chi connectivity index (χ1n) is 14.9. The zero-order valence-corrected chi connectivity index (χ0v) is 28.2. The second kappa shape index (κ2) is 14.1. The summed E-state index contributed by atoms with van der Waals surface area (Å²) in [6, 6.07) is 10.2. The summed E-state index contributed by atoms with van der Waals surface area (Å²) in [5.41, 5.74) is 3.66. The Balaban J connectivity index is 2.45. The van der Waals surface area contributed by atoms with Crippen LogP contribution in [0.2, 0.25) is 33.2 Å². The van der Waals surface area contributed by atoms with E-state index in [0.717, 1.165) is 5.56 Å². The minimum Gasteiger partial charge on any atom is -0.457 e. The summed E-state index contributed by atoms with van der Waals surface area (Å²) in [5.74, 6) is -0.215. The predicted molar refractivity (Wildman–Crippen MR) is 162 cm³/mol. The van der Waals surface area contributed by atoms with Gasteiger partial charge in [-0.05, 0) is 38.8 Å². The van der Waals surface area contributed by atoms with Crippen molar-refractivity contribution in [1.82, 2.24) is 0 Å². The van der Waals surface area contributed by atoms with Crippen LogP contribution in [0.15, 0.2) is 30.3 Å². The molecule has 7 heteroatoms. The van der Waals surface area contributed by atoms with Gasteiger partial charge >= 0.3 is 5.97 Å². The van der Waals surface area contributed by atoms with E-state index in [1.165, 1.54) is 0 Å². The number of carbonyl (C=O) groups is 1. The van der Waals surface area contributed by atoms with Crippen LogP contribution in [-0.4, -0.2) is 47.5 Å². The van der Waals surface area contributed by atoms with E-state index in [9.17, 15) is 4.79 Å². The van der Waals surface area contributed by atoms with E-state index in [2.05, 4.69) is 95.2 Å². The molecule has 218 valence electrons. The highest BCUT2D eigenvalue weighted by molar-refractivity contribution is 6.78. The predicted octanol–water partition coefficient (Wildman–Crippen LogP) is 8.64. The minimum absolute atomic E-state index is 0.215. The van der Waals surface area contributed by atoms with Gasteiger partial charge in [-0.25, -0.2) is 0 Å². The van der Waals surface area contributed by atoms with Gasteiger partial charge in [0.15, 0.2) is 6.10 Å². The van der Waals surface area contributed by atoms with Crippen molar-refractivity contribution < 1.29 is 23.1 Å². The van der Waals surface area contributed by atoms with Crippen LogP contribution in [0.4, 0.5) is 0 Å². The zero-order valence-electron chi connectivity index (χ0n) is 26.2. The summed E-state index contributed by atoms with van der Waals surface area (Å²) < 4.78 is 26.8. The van der Waals surface area contributed by atoms with Crippen LogP contribution in [0.25, 0.3) is 0 Å². The average Bonchev–Trinajstić information content (AvgIpc) is 2.81. The highest BCUT2D eigenvalue weighted by Crippen LogP contribution is 2.45. The Bertz CT molecular complexity index is 810. The highest BCUT2D eigenvalue weighted by Gasteiger charge is 2.52. The molecule has 2 rings (SSSR count). The molecule has 0 spiro atoms. The molecule has 0 aromatic heterocycles. The monoisotopic (exact) mass is 564 g/mol. The van der Waals surface area contributed by atoms with Gasteiger partial charge in [0.1, 0.15) is 6.10 Å². The third-order valence-electron chi connectivity index (χ3n) is 8.94. The van der Waals surface area contributed by atoms with Gasteiger partial charge in [-0.15, -0.1) is 0 Å². The maximum Gasteiger partial charge on any atom is 0.308 e. The van der Waals surface area contributed by atoms with Crippen molar-refractivity contribution in [2.75, 3.05) is 6.61 Å². The fraction of sp³-hybridized carbons (Fsp3) is 0.774. The van der Waals surface area contributed by atoms with Crippen molar-refractivity contribution >= 4 is 22.6 Å². The van der Waals surface area contributed by atoms with Crippen molar-refractivity contribution in [3.8, 4) is 0 Å². The molecule has 0 unspecified atom stereocenters. The van der Waals surface area contributed by atoms with Gasteiger partial charge in [0, 0.05) is 0 Å². The summed E-state index contributed by atoms with van der Waals surface area (Å²) in [4.78, 5) is 13.0. The Labute approximate surface area is 235 Å². The van der Waals surface area contributed by atoms with Gasteiger partial charge in [-0.2, -0.15) is 0 Å². The Kier molecular flexibility index (Phi) is 12.3. The smallest absolute Gasteiger partial charge is 0.308 e. The van der Waals surface area contributed by atoms with E-state index in [1.807, 2.05) is 18.2 Å². The lowest BCUT2D eigenvalue weighted by molar-refractivity contribution is -0.190. The molecule has 1 aromatic carbocycles. The maximum absolute atomic E-state index is 13.0. The number of hydrogen-bond acceptors (Lipinski definition) is 5. The van der Waals surface area contributed by atoms with Crippen LogP contribution in [0.3, 0.4) is 0 Å². The number of hydrogen-bond donors (Lipinski definition) is 0. The largest absolute Gasteiger partial charge is 0.457 e. The molecule has 38 heavy (non-hydrogen) atoms. The van der Waals surface area contributed by atoms with Gasteiger partial charge < -0.3 is 18.3 Å². The fourth-order valence-corrected chi connectivity index (χ4v) is 18.4. The van der Waals surface area contributed by atoms with E-state index >= 15 is 0 Å². The molecule has 1 saturated heterocycles. The molecule has 0 N–H and O–H groups in total. The highest BCUT2D eigenvalue weighted by atomic mass is 28.4. The standard InChI is InChI=1S/C31H56O5Si2/c1-21(2)37(22(3)4,23(5)6)34-20-29-31(33-19-27-16-14-13-15-17-27)28(18-30(32)35-29)36-38(24(7)8,25(9)10)26(11)12/h13-17,21-26,28-29,31H,18-20H2,1-12H3/t28-,29-,31+/m1/s1. The lowest BCUT2D eigenvalue weighted by Crippen LogP contribution is -2.59. The molecule has 0 amide bonds. The van der Waals surface area contributed by atoms with E-state index in [-0.39, 0.29) is 24.6 Å². The summed E-state index contributed by atoms with van der Waals surface area (Å²) in [5, 5.41) is 0. The minimum atomic E-state index is -2.26. The molecule has 0 bridgehead atoms. The Hall–Kier alpha value is -0.996. The van der Waals surface area contributed by atoms with Crippen molar-refractivity contribution in [3.05, 3.63) is 35.9 Å². The first kappa shape index (κ1) is 33.2. The van der Waals surface area contributed by atoms with Crippen LogP contribution < -0.4 is 0 Å². The quantitative estimate of drug-likeness (QED) is 0.167. The van der Waals surface area contributed by atoms with Crippen LogP contribution in [0.1, 0.15) is 95.1 Å². The van der Waals surface area contributed by atoms with E-state index in [4.69, 9.17) is 18.3 Å². The first-order valence-corrected chi connectivity index (χ1v) is 19.1. The van der Waals surface area contributed by atoms with Gasteiger partial charge in [-0.3, -0.25) is 4.79 Å². The molecule has 0 aliphatic carbocycles. The molecule has 5 nitrogen and oxygen atoms in total. The number of rotatable bonds is 14. The van der Waals surface area contributed by atoms with Crippen molar-refractivity contribution in [1.29, 1.82) is 0 Å². The number of benzene rings is 1. The van der Waals surface area contributed by atoms with E-state index in [0.29, 0.717) is 46.5 Å². The zero-order chi connectivity index (χ0) is 28.8. The van der Waals surface area contributed by atoms with Crippen molar-refractivity contribution in [2.45, 2.75) is 148 Å². The van der Waals surface area contributed by atoms with Crippen LogP contribution in [-0.2, 0) is 29.7 Å². The molecule has 1 aromatic rings. The van der Waals surface area contributed by atoms with Crippen molar-refractivity contribution in [3.63, 3.8) is 0 Å². The Morgan fingerprint density at radius 2 is 1.24 bits per heavy atom. The SMILES string of the molecule is CC(C)[Si](OC[C@H]1OC(=O)C[C@@H](O[Si](C(C)C)(C(C)C)C(C)C)[C@@H]1OCc1ccccc1)(C(C)C)C(C)C. The maximum atomic E-state index is 13.0. The lowest BCUT2D eigenvalue weighted by atomic mass is 10.0. The topological polar surface area (TPSA) is 54.0 Å². The molecular weight excluding hydrogens is 509 g/mol. The third-order valence-corrected chi connectivity index (χ3v) is 21.1. The molecule has 1 aliphatic rings. The van der Waals surface area contributed by atoms with E-state index < -0.39 is 22.7 Å². The summed E-state index contributed by atoms with van der Waals surface area (Å²) in [7, 11) is -4.41. The summed E-state index contributed by atoms with van der Waals surface area (Å²) in [6.45, 7) is 28.2. The summed E-state index contributed by atoms with van der Waals surface area (Å²) >= 11 is 0. The molecule has 3 atom stereocenters. The number of carbonyl (C=O) groups excluding carboxylic acids is 1. The van der Waals surface area contributed by atoms with Crippen LogP contribution in [0.5, 0.6) is 0 Å². The van der Waals surface area contributed by atoms with Gasteiger partial charge in [0.05, 0.1) is 25.7 Å². The van der Waals surface area contributed by atoms with Crippen LogP contribution in [0, 0.1) is 0 Å². The van der Waals surface area contributed by atoms with Gasteiger partial charge in [0.25, 0.3) is 0 Å². The fourth-order valence-electron chi connectivity index (χ4n) is 7.42. The van der Waals surface area contributed by atoms with Crippen molar-refractivity contribution in [2.24, 2.45) is 0 Å². The Morgan fingerprint density at radius 3 is 1.68 bits per heavy atom. The Morgan fingerprint density at radius 1 is 0.763 bits per heavy atom. The molecule has 0 saturated carbocycles. The second-order valence-corrected chi connectivity index (χ2v) is 24.0. The number of esters is 1. The lowest BCUT2D eigenvalue weighted by Gasteiger charge is -2.48. The number of cyclic esters (lactones) is 1. The van der Waals surface area contributed by atoms with E-state index in [1.54, 1.807) is 0 Å². The number of ether oxygens (including phenoxy) is 2. The summed E-state index contributed by atoms with van der Waals surface area (Å²) in [6.07, 6.45) is -1.00. The molecule has 0 radical (unpaired) electrons. The third kappa shape index (κ3) is 7.19. The average molecular weight is 565 g/mol. The van der Waals surface area contributed by atoms with Gasteiger partial charge in [0.2, 0.25) is 16.6 Å².